The van der Waals surface area contributed by atoms with Crippen molar-refractivity contribution in [2.75, 3.05) is 6.54 Å². The molecule has 1 amide bonds. The van der Waals surface area contributed by atoms with Crippen LogP contribution in [0.5, 0.6) is 0 Å². The Labute approximate surface area is 177 Å². The first-order valence-electron chi connectivity index (χ1n) is 8.77. The molecule has 1 aromatic heterocycles. The number of carboxylic acids is 1. The third-order valence-corrected chi connectivity index (χ3v) is 5.77. The van der Waals surface area contributed by atoms with Crippen molar-refractivity contribution in [2.45, 2.75) is 25.7 Å². The van der Waals surface area contributed by atoms with E-state index in [4.69, 9.17) is 33.3 Å². The van der Waals surface area contributed by atoms with Crippen LogP contribution < -0.4 is 0 Å². The number of hydrogen-bond donors (Lipinski definition) is 1. The summed E-state index contributed by atoms with van der Waals surface area (Å²) in [5.74, 6) is 0.290. The minimum atomic E-state index is -0.802. The average Bonchev–Trinajstić information content (AvgIpc) is 3.21. The molecule has 1 aliphatic rings. The number of rotatable bonds is 8. The normalized spacial score (nSPS) is 15.6. The van der Waals surface area contributed by atoms with Gasteiger partial charge in [0.05, 0.1) is 4.91 Å². The van der Waals surface area contributed by atoms with Gasteiger partial charge in [-0.15, -0.1) is 0 Å². The minimum absolute atomic E-state index is 0.144. The van der Waals surface area contributed by atoms with Crippen LogP contribution in [0.1, 0.15) is 31.4 Å². The Morgan fingerprint density at radius 3 is 2.82 bits per heavy atom. The van der Waals surface area contributed by atoms with Gasteiger partial charge >= 0.3 is 5.97 Å². The van der Waals surface area contributed by atoms with Gasteiger partial charge in [0.1, 0.15) is 15.8 Å². The molecule has 1 fully saturated rings. The van der Waals surface area contributed by atoms with Crippen molar-refractivity contribution in [3.63, 3.8) is 0 Å². The molecule has 1 saturated heterocycles. The summed E-state index contributed by atoms with van der Waals surface area (Å²) in [5.41, 5.74) is 0.862. The monoisotopic (exact) mass is 435 g/mol. The lowest BCUT2D eigenvalue weighted by atomic mass is 10.2. The van der Waals surface area contributed by atoms with E-state index >= 15 is 0 Å². The van der Waals surface area contributed by atoms with Crippen LogP contribution in [0.25, 0.3) is 17.4 Å². The van der Waals surface area contributed by atoms with E-state index < -0.39 is 5.97 Å². The molecule has 0 radical (unpaired) electrons. The second kappa shape index (κ2) is 9.41. The van der Waals surface area contributed by atoms with Crippen LogP contribution in [0.15, 0.2) is 45.7 Å². The molecule has 0 spiro atoms. The number of benzene rings is 1. The van der Waals surface area contributed by atoms with Gasteiger partial charge in [-0.3, -0.25) is 14.5 Å². The van der Waals surface area contributed by atoms with Crippen molar-refractivity contribution in [1.29, 1.82) is 0 Å². The minimum Gasteiger partial charge on any atom is -0.481 e. The number of thiocarbonyl (C=S) groups is 1. The van der Waals surface area contributed by atoms with Crippen LogP contribution in [-0.4, -0.2) is 32.7 Å². The van der Waals surface area contributed by atoms with E-state index in [1.807, 2.05) is 24.3 Å². The number of aliphatic carboxylic acids is 1. The molecular weight excluding hydrogens is 418 g/mol. The predicted octanol–water partition coefficient (Wildman–Crippen LogP) is 5.45. The Hall–Kier alpha value is -2.09. The van der Waals surface area contributed by atoms with E-state index in [0.29, 0.717) is 45.2 Å². The number of furan rings is 1. The van der Waals surface area contributed by atoms with Gasteiger partial charge in [0, 0.05) is 29.6 Å². The fraction of sp³-hybridized carbons (Fsp3) is 0.250. The maximum Gasteiger partial charge on any atom is 0.303 e. The summed E-state index contributed by atoms with van der Waals surface area (Å²) >= 11 is 12.6. The Kier molecular flexibility index (Phi) is 6.93. The number of nitrogens with zero attached hydrogens (tertiary/aromatic N) is 1. The molecule has 3 rings (SSSR count). The molecule has 0 aliphatic carbocycles. The van der Waals surface area contributed by atoms with Crippen LogP contribution in [0.3, 0.4) is 0 Å². The number of unbranched alkanes of at least 4 members (excludes halogenated alkanes) is 2. The lowest BCUT2D eigenvalue weighted by molar-refractivity contribution is -0.137. The Morgan fingerprint density at radius 2 is 2.07 bits per heavy atom. The second-order valence-electron chi connectivity index (χ2n) is 6.25. The quantitative estimate of drug-likeness (QED) is 0.338. The predicted molar refractivity (Wildman–Crippen MR) is 115 cm³/mol. The van der Waals surface area contributed by atoms with Gasteiger partial charge in [-0.05, 0) is 37.1 Å². The fourth-order valence-corrected chi connectivity index (χ4v) is 4.25. The van der Waals surface area contributed by atoms with Gasteiger partial charge in [0.25, 0.3) is 5.91 Å². The largest absolute Gasteiger partial charge is 0.481 e. The molecule has 0 saturated carbocycles. The third-order valence-electron chi connectivity index (χ3n) is 4.16. The molecule has 8 heteroatoms. The summed E-state index contributed by atoms with van der Waals surface area (Å²) in [5, 5.41) is 9.28. The van der Waals surface area contributed by atoms with Crippen LogP contribution in [-0.2, 0) is 9.59 Å². The molecule has 0 unspecified atom stereocenters. The number of thioether (sulfide) groups is 1. The molecule has 2 heterocycles. The SMILES string of the molecule is O=C(O)CCCCCN1C(=O)C(=Cc2ccc(-c3cccc(Cl)c3)o2)SC1=S. The highest BCUT2D eigenvalue weighted by atomic mass is 35.5. The zero-order valence-corrected chi connectivity index (χ0v) is 17.3. The van der Waals surface area contributed by atoms with Crippen molar-refractivity contribution >= 4 is 57.9 Å². The van der Waals surface area contributed by atoms with Crippen LogP contribution >= 0.6 is 35.6 Å². The lowest BCUT2D eigenvalue weighted by Gasteiger charge is -2.13. The van der Waals surface area contributed by atoms with Gasteiger partial charge < -0.3 is 9.52 Å². The van der Waals surface area contributed by atoms with E-state index in [1.165, 1.54) is 11.8 Å². The molecule has 0 bridgehead atoms. The summed E-state index contributed by atoms with van der Waals surface area (Å²) in [6, 6.07) is 11.0. The van der Waals surface area contributed by atoms with Gasteiger partial charge in [-0.2, -0.15) is 0 Å². The van der Waals surface area contributed by atoms with Gasteiger partial charge in [-0.25, -0.2) is 0 Å². The topological polar surface area (TPSA) is 70.8 Å². The number of carbonyl (C=O) groups is 2. The van der Waals surface area contributed by atoms with Crippen LogP contribution in [0.4, 0.5) is 0 Å². The summed E-state index contributed by atoms with van der Waals surface area (Å²) in [4.78, 5) is 25.2. The number of hydrogen-bond acceptors (Lipinski definition) is 5. The molecule has 146 valence electrons. The average molecular weight is 436 g/mol. The fourth-order valence-electron chi connectivity index (χ4n) is 2.77. The van der Waals surface area contributed by atoms with Crippen molar-refractivity contribution < 1.29 is 19.1 Å². The molecule has 0 atom stereocenters. The highest BCUT2D eigenvalue weighted by Gasteiger charge is 2.31. The Morgan fingerprint density at radius 1 is 1.25 bits per heavy atom. The number of carboxylic acid groups (broad SMARTS) is 1. The molecule has 1 aliphatic heterocycles. The number of carbonyl (C=O) groups excluding carboxylic acids is 1. The standard InChI is InChI=1S/C20H18ClNO4S2/c21-14-6-4-5-13(11-14)16-9-8-15(26-16)12-17-19(25)22(20(27)28-17)10-3-1-2-7-18(23)24/h4-6,8-9,11-12H,1-3,7,10H2,(H,23,24). The smallest absolute Gasteiger partial charge is 0.303 e. The molecule has 28 heavy (non-hydrogen) atoms. The molecular formula is C20H18ClNO4S2. The molecule has 1 aromatic carbocycles. The van der Waals surface area contributed by atoms with Crippen molar-refractivity contribution in [3.05, 3.63) is 52.1 Å². The highest BCUT2D eigenvalue weighted by molar-refractivity contribution is 8.26. The molecule has 1 N–H and O–H groups in total. The first-order chi connectivity index (χ1) is 13.4. The molecule has 5 nitrogen and oxygen atoms in total. The van der Waals surface area contributed by atoms with Crippen molar-refractivity contribution in [1.82, 2.24) is 4.90 Å². The maximum atomic E-state index is 12.6. The third kappa shape index (κ3) is 5.25. The summed E-state index contributed by atoms with van der Waals surface area (Å²) in [7, 11) is 0. The first-order valence-corrected chi connectivity index (χ1v) is 10.4. The van der Waals surface area contributed by atoms with Gasteiger partial charge in [0.2, 0.25) is 0 Å². The van der Waals surface area contributed by atoms with E-state index in [9.17, 15) is 9.59 Å². The van der Waals surface area contributed by atoms with Crippen molar-refractivity contribution in [3.8, 4) is 11.3 Å². The maximum absolute atomic E-state index is 12.6. The van der Waals surface area contributed by atoms with E-state index in [1.54, 1.807) is 23.1 Å². The summed E-state index contributed by atoms with van der Waals surface area (Å²) < 4.78 is 6.33. The lowest BCUT2D eigenvalue weighted by Crippen LogP contribution is -2.29. The Bertz CT molecular complexity index is 938. The highest BCUT2D eigenvalue weighted by Crippen LogP contribution is 2.34. The Balaban J connectivity index is 1.63. The summed E-state index contributed by atoms with van der Waals surface area (Å²) in [6.45, 7) is 0.494. The van der Waals surface area contributed by atoms with Gasteiger partial charge in [-0.1, -0.05) is 54.1 Å². The molecule has 2 aromatic rings. The number of amides is 1. The zero-order chi connectivity index (χ0) is 20.1. The van der Waals surface area contributed by atoms with Crippen LogP contribution in [0, 0.1) is 0 Å². The van der Waals surface area contributed by atoms with E-state index in [-0.39, 0.29) is 12.3 Å². The zero-order valence-electron chi connectivity index (χ0n) is 14.9. The summed E-state index contributed by atoms with van der Waals surface area (Å²) in [6.07, 6.45) is 3.89. The number of halogens is 1. The van der Waals surface area contributed by atoms with Gasteiger partial charge in [0.15, 0.2) is 0 Å². The van der Waals surface area contributed by atoms with Crippen LogP contribution in [0.2, 0.25) is 5.02 Å². The second-order valence-corrected chi connectivity index (χ2v) is 8.36. The first kappa shape index (κ1) is 20.6. The van der Waals surface area contributed by atoms with E-state index in [2.05, 4.69) is 0 Å². The van der Waals surface area contributed by atoms with E-state index in [0.717, 1.165) is 12.0 Å². The van der Waals surface area contributed by atoms with Crippen molar-refractivity contribution in [2.24, 2.45) is 0 Å².